The Morgan fingerprint density at radius 3 is 2.24 bits per heavy atom. The summed E-state index contributed by atoms with van der Waals surface area (Å²) in [5.41, 5.74) is 2.20. The van der Waals surface area contributed by atoms with Gasteiger partial charge in [-0.25, -0.2) is 0 Å². The summed E-state index contributed by atoms with van der Waals surface area (Å²) in [6, 6.07) is 13.8. The zero-order valence-corrected chi connectivity index (χ0v) is 12.7. The van der Waals surface area contributed by atoms with Gasteiger partial charge in [-0.2, -0.15) is 5.26 Å². The molecule has 0 aliphatic carbocycles. The van der Waals surface area contributed by atoms with E-state index in [2.05, 4.69) is 26.8 Å². The largest absolute Gasteiger partial charge is 0.295 e. The van der Waals surface area contributed by atoms with Crippen LogP contribution in [0, 0.1) is 11.3 Å². The Bertz CT molecular complexity index is 640. The highest BCUT2D eigenvalue weighted by molar-refractivity contribution is 5.80. The average Bonchev–Trinajstić information content (AvgIpc) is 2.98. The zero-order valence-electron chi connectivity index (χ0n) is 12.7. The molecule has 0 unspecified atom stereocenters. The Hall–Kier alpha value is -2.34. The normalized spacial score (nSPS) is 12.7. The quantitative estimate of drug-likeness (QED) is 0.848. The first-order valence-corrected chi connectivity index (χ1v) is 7.08. The van der Waals surface area contributed by atoms with Gasteiger partial charge in [0, 0.05) is 18.8 Å². The lowest BCUT2D eigenvalue weighted by Crippen LogP contribution is -2.13. The van der Waals surface area contributed by atoms with Crippen molar-refractivity contribution < 1.29 is 4.79 Å². The molecule has 21 heavy (non-hydrogen) atoms. The van der Waals surface area contributed by atoms with Crippen molar-refractivity contribution in [2.75, 3.05) is 0 Å². The van der Waals surface area contributed by atoms with Gasteiger partial charge >= 0.3 is 0 Å². The van der Waals surface area contributed by atoms with E-state index in [0.29, 0.717) is 0 Å². The molecule has 0 spiro atoms. The third-order valence-corrected chi connectivity index (χ3v) is 3.61. The lowest BCUT2D eigenvalue weighted by molar-refractivity contribution is 0.0899. The molecule has 0 bridgehead atoms. The topological polar surface area (TPSA) is 45.8 Å². The zero-order chi connectivity index (χ0) is 15.5. The smallest absolute Gasteiger partial charge is 0.232 e. The van der Waals surface area contributed by atoms with Crippen LogP contribution >= 0.6 is 0 Å². The van der Waals surface area contributed by atoms with E-state index in [0.717, 1.165) is 5.56 Å². The molecule has 108 valence electrons. The molecule has 3 heteroatoms. The van der Waals surface area contributed by atoms with Crippen molar-refractivity contribution in [2.24, 2.45) is 0 Å². The Morgan fingerprint density at radius 1 is 1.19 bits per heavy atom. The van der Waals surface area contributed by atoms with Gasteiger partial charge in [-0.1, -0.05) is 45.0 Å². The molecule has 0 N–H and O–H groups in total. The number of carbonyl (C=O) groups excluding carboxylic acids is 1. The van der Waals surface area contributed by atoms with Gasteiger partial charge in [0.05, 0.1) is 12.0 Å². The fraction of sp³-hybridized carbons (Fsp3) is 0.333. The summed E-state index contributed by atoms with van der Waals surface area (Å²) >= 11 is 0. The van der Waals surface area contributed by atoms with Crippen molar-refractivity contribution in [3.63, 3.8) is 0 Å². The van der Waals surface area contributed by atoms with Crippen molar-refractivity contribution in [2.45, 2.75) is 38.5 Å². The molecule has 1 atom stereocenters. The predicted molar refractivity (Wildman–Crippen MR) is 83.2 cm³/mol. The first-order chi connectivity index (χ1) is 9.91. The van der Waals surface area contributed by atoms with Crippen LogP contribution in [0.3, 0.4) is 0 Å². The predicted octanol–water partition coefficient (Wildman–Crippen LogP) is 4.12. The summed E-state index contributed by atoms with van der Waals surface area (Å²) in [6.07, 6.45) is 3.61. The second-order valence-corrected chi connectivity index (χ2v) is 6.24. The third kappa shape index (κ3) is 3.61. The highest BCUT2D eigenvalue weighted by Gasteiger charge is 2.18. The standard InChI is InChI=1S/C18H20N2O/c1-18(2,3)16-8-6-14(7-9-16)15(13-19)12-17(21)20-10-4-5-11-20/h4-11,15H,12H2,1-3H3/t15-/m0/s1. The Labute approximate surface area is 125 Å². The fourth-order valence-electron chi connectivity index (χ4n) is 2.23. The minimum absolute atomic E-state index is 0.0635. The molecular weight excluding hydrogens is 260 g/mol. The van der Waals surface area contributed by atoms with Crippen LogP contribution in [0.1, 0.15) is 49.0 Å². The summed E-state index contributed by atoms with van der Waals surface area (Å²) in [6.45, 7) is 6.46. The van der Waals surface area contributed by atoms with E-state index in [-0.39, 0.29) is 17.7 Å². The maximum Gasteiger partial charge on any atom is 0.232 e. The Balaban J connectivity index is 2.15. The monoisotopic (exact) mass is 280 g/mol. The number of nitriles is 1. The van der Waals surface area contributed by atoms with Crippen LogP contribution in [0.2, 0.25) is 0 Å². The summed E-state index contributed by atoms with van der Waals surface area (Å²) in [5, 5.41) is 9.34. The lowest BCUT2D eigenvalue weighted by Gasteiger charge is -2.19. The summed E-state index contributed by atoms with van der Waals surface area (Å²) in [4.78, 5) is 12.1. The molecule has 2 rings (SSSR count). The van der Waals surface area contributed by atoms with E-state index in [4.69, 9.17) is 0 Å². The molecular formula is C18H20N2O. The van der Waals surface area contributed by atoms with Gasteiger partial charge in [-0.05, 0) is 28.7 Å². The second-order valence-electron chi connectivity index (χ2n) is 6.24. The van der Waals surface area contributed by atoms with Crippen molar-refractivity contribution in [1.29, 1.82) is 5.26 Å². The van der Waals surface area contributed by atoms with Gasteiger partial charge in [0.2, 0.25) is 5.91 Å². The summed E-state index contributed by atoms with van der Waals surface area (Å²) in [5.74, 6) is -0.472. The van der Waals surface area contributed by atoms with E-state index < -0.39 is 5.92 Å². The van der Waals surface area contributed by atoms with Crippen LogP contribution < -0.4 is 0 Å². The summed E-state index contributed by atoms with van der Waals surface area (Å²) < 4.78 is 1.52. The third-order valence-electron chi connectivity index (χ3n) is 3.61. The molecule has 0 saturated carbocycles. The maximum absolute atomic E-state index is 12.1. The minimum atomic E-state index is -0.408. The van der Waals surface area contributed by atoms with E-state index in [1.54, 1.807) is 24.5 Å². The van der Waals surface area contributed by atoms with Crippen molar-refractivity contribution in [1.82, 2.24) is 4.57 Å². The van der Waals surface area contributed by atoms with E-state index >= 15 is 0 Å². The fourth-order valence-corrected chi connectivity index (χ4v) is 2.23. The van der Waals surface area contributed by atoms with E-state index in [1.807, 2.05) is 24.3 Å². The molecule has 1 aromatic carbocycles. The highest BCUT2D eigenvalue weighted by Crippen LogP contribution is 2.26. The van der Waals surface area contributed by atoms with Crippen LogP contribution in [-0.2, 0) is 5.41 Å². The molecule has 1 heterocycles. The first-order valence-electron chi connectivity index (χ1n) is 7.08. The number of hydrogen-bond acceptors (Lipinski definition) is 2. The van der Waals surface area contributed by atoms with Gasteiger partial charge in [0.15, 0.2) is 0 Å². The summed E-state index contributed by atoms with van der Waals surface area (Å²) in [7, 11) is 0. The molecule has 0 radical (unpaired) electrons. The number of hydrogen-bond donors (Lipinski definition) is 0. The number of nitrogens with zero attached hydrogens (tertiary/aromatic N) is 2. The van der Waals surface area contributed by atoms with Crippen LogP contribution in [0.25, 0.3) is 0 Å². The van der Waals surface area contributed by atoms with Gasteiger partial charge in [-0.15, -0.1) is 0 Å². The van der Waals surface area contributed by atoms with Crippen LogP contribution in [-0.4, -0.2) is 10.5 Å². The van der Waals surface area contributed by atoms with Gasteiger partial charge < -0.3 is 0 Å². The van der Waals surface area contributed by atoms with Crippen molar-refractivity contribution >= 4 is 5.91 Å². The first kappa shape index (κ1) is 15.1. The number of aromatic nitrogens is 1. The van der Waals surface area contributed by atoms with Gasteiger partial charge in [0.1, 0.15) is 0 Å². The Morgan fingerprint density at radius 2 is 1.76 bits per heavy atom. The van der Waals surface area contributed by atoms with Crippen molar-refractivity contribution in [3.8, 4) is 6.07 Å². The molecule has 0 amide bonds. The highest BCUT2D eigenvalue weighted by atomic mass is 16.1. The van der Waals surface area contributed by atoms with Crippen LogP contribution in [0.4, 0.5) is 0 Å². The molecule has 0 aliphatic rings. The Kier molecular flexibility index (Phi) is 4.28. The van der Waals surface area contributed by atoms with E-state index in [1.165, 1.54) is 10.1 Å². The van der Waals surface area contributed by atoms with Crippen LogP contribution in [0.5, 0.6) is 0 Å². The molecule has 0 saturated heterocycles. The molecule has 2 aromatic rings. The minimum Gasteiger partial charge on any atom is -0.295 e. The number of rotatable bonds is 3. The SMILES string of the molecule is CC(C)(C)c1ccc([C@H](C#N)CC(=O)n2cccc2)cc1. The van der Waals surface area contributed by atoms with E-state index in [9.17, 15) is 10.1 Å². The van der Waals surface area contributed by atoms with Crippen LogP contribution in [0.15, 0.2) is 48.8 Å². The number of benzene rings is 1. The van der Waals surface area contributed by atoms with Crippen molar-refractivity contribution in [3.05, 3.63) is 59.9 Å². The average molecular weight is 280 g/mol. The molecule has 0 aliphatic heterocycles. The maximum atomic E-state index is 12.1. The van der Waals surface area contributed by atoms with Gasteiger partial charge in [-0.3, -0.25) is 9.36 Å². The molecule has 1 aromatic heterocycles. The lowest BCUT2D eigenvalue weighted by atomic mass is 9.85. The number of carbonyl (C=O) groups is 1. The molecule has 0 fully saturated rings. The second kappa shape index (κ2) is 5.97. The molecule has 3 nitrogen and oxygen atoms in total. The van der Waals surface area contributed by atoms with Gasteiger partial charge in [0.25, 0.3) is 0 Å².